The molecule has 0 aliphatic rings. The normalized spacial score (nSPS) is 11.3. The van der Waals surface area contributed by atoms with Crippen LogP contribution < -0.4 is 0 Å². The van der Waals surface area contributed by atoms with Crippen molar-refractivity contribution in [1.82, 2.24) is 0 Å². The molecule has 0 radical (unpaired) electrons. The number of hydrogen-bond donors (Lipinski definition) is 0. The molecule has 0 bridgehead atoms. The molecule has 0 aromatic heterocycles. The third-order valence-electron chi connectivity index (χ3n) is 3.49. The van der Waals surface area contributed by atoms with E-state index in [4.69, 9.17) is 0 Å². The van der Waals surface area contributed by atoms with Crippen molar-refractivity contribution < 1.29 is 0 Å². The van der Waals surface area contributed by atoms with E-state index in [2.05, 4.69) is 67.5 Å². The zero-order chi connectivity index (χ0) is 15.4. The quantitative estimate of drug-likeness (QED) is 0.529. The minimum absolute atomic E-state index is 0. The Hall–Kier alpha value is -0.780. The van der Waals surface area contributed by atoms with Gasteiger partial charge in [0, 0.05) is 0 Å². The van der Waals surface area contributed by atoms with Crippen LogP contribution in [0.25, 0.3) is 0 Å². The first-order chi connectivity index (χ1) is 8.57. The first kappa shape index (κ1) is 21.5. The van der Waals surface area contributed by atoms with Crippen molar-refractivity contribution in [2.45, 2.75) is 93.9 Å². The maximum atomic E-state index is 2.39. The van der Waals surface area contributed by atoms with E-state index in [1.807, 2.05) is 13.8 Å². The van der Waals surface area contributed by atoms with Gasteiger partial charge in [0.2, 0.25) is 0 Å². The predicted molar refractivity (Wildman–Crippen MR) is 96.0 cm³/mol. The lowest BCUT2D eigenvalue weighted by atomic mass is 9.75. The third kappa shape index (κ3) is 5.31. The van der Waals surface area contributed by atoms with Crippen LogP contribution in [-0.4, -0.2) is 0 Å². The summed E-state index contributed by atoms with van der Waals surface area (Å²) in [5, 5.41) is 0. The van der Waals surface area contributed by atoms with Gasteiger partial charge >= 0.3 is 0 Å². The molecule has 1 aromatic carbocycles. The molecule has 0 N–H and O–H groups in total. The molecule has 1 aromatic rings. The van der Waals surface area contributed by atoms with E-state index in [-0.39, 0.29) is 18.3 Å². The molecule has 0 spiro atoms. The Balaban J connectivity index is 0. The van der Waals surface area contributed by atoms with Crippen molar-refractivity contribution in [3.63, 3.8) is 0 Å². The molecule has 20 heavy (non-hydrogen) atoms. The van der Waals surface area contributed by atoms with Crippen molar-refractivity contribution >= 4 is 0 Å². The molecule has 0 atom stereocenters. The molecule has 0 saturated heterocycles. The van der Waals surface area contributed by atoms with E-state index < -0.39 is 0 Å². The van der Waals surface area contributed by atoms with Crippen LogP contribution in [0.2, 0.25) is 0 Å². The third-order valence-corrected chi connectivity index (χ3v) is 3.49. The molecular weight excluding hydrogens is 240 g/mol. The van der Waals surface area contributed by atoms with E-state index in [9.17, 15) is 0 Å². The van der Waals surface area contributed by atoms with Gasteiger partial charge in [-0.1, -0.05) is 81.9 Å². The Kier molecular flexibility index (Phi) is 8.45. The van der Waals surface area contributed by atoms with Crippen LogP contribution in [0.1, 0.15) is 92.0 Å². The molecule has 0 fully saturated rings. The van der Waals surface area contributed by atoms with E-state index >= 15 is 0 Å². The molecule has 0 aliphatic carbocycles. The number of benzene rings is 1. The fourth-order valence-corrected chi connectivity index (χ4v) is 2.54. The standard InChI is InChI=1S/C17H28.C2H6.CH4/c1-9-13-10-14(16(3,4)5)12(2)15(11-13)17(6,7)8;1-2;/h10-11H,9H2,1-8H3;1-2H3;1H4. The summed E-state index contributed by atoms with van der Waals surface area (Å²) in [6, 6.07) is 4.79. The van der Waals surface area contributed by atoms with Gasteiger partial charge in [0.25, 0.3) is 0 Å². The highest BCUT2D eigenvalue weighted by Gasteiger charge is 2.23. The summed E-state index contributed by atoms with van der Waals surface area (Å²) in [5.41, 5.74) is 6.40. The van der Waals surface area contributed by atoms with Gasteiger partial charge in [0.05, 0.1) is 0 Å². The van der Waals surface area contributed by atoms with E-state index in [0.717, 1.165) is 6.42 Å². The lowest BCUT2D eigenvalue weighted by Crippen LogP contribution is -2.20. The van der Waals surface area contributed by atoms with Crippen molar-refractivity contribution in [1.29, 1.82) is 0 Å². The monoisotopic (exact) mass is 278 g/mol. The van der Waals surface area contributed by atoms with Gasteiger partial charge in [-0.25, -0.2) is 0 Å². The second-order valence-corrected chi connectivity index (χ2v) is 7.17. The summed E-state index contributed by atoms with van der Waals surface area (Å²) in [7, 11) is 0. The largest absolute Gasteiger partial charge is 0.0776 e. The van der Waals surface area contributed by atoms with Gasteiger partial charge < -0.3 is 0 Å². The van der Waals surface area contributed by atoms with Gasteiger partial charge in [-0.2, -0.15) is 0 Å². The Bertz CT molecular complexity index is 362. The summed E-state index contributed by atoms with van der Waals surface area (Å²) < 4.78 is 0. The first-order valence-electron chi connectivity index (χ1n) is 7.72. The van der Waals surface area contributed by atoms with Crippen molar-refractivity contribution in [2.75, 3.05) is 0 Å². The fraction of sp³-hybridized carbons (Fsp3) is 0.700. The Morgan fingerprint density at radius 3 is 1.30 bits per heavy atom. The molecular formula is C20H38. The molecule has 118 valence electrons. The highest BCUT2D eigenvalue weighted by atomic mass is 14.3. The fourth-order valence-electron chi connectivity index (χ4n) is 2.54. The molecule has 0 saturated carbocycles. The molecule has 0 amide bonds. The summed E-state index contributed by atoms with van der Waals surface area (Å²) in [4.78, 5) is 0. The average Bonchev–Trinajstić information content (AvgIpc) is 2.29. The van der Waals surface area contributed by atoms with Crippen LogP contribution in [0, 0.1) is 6.92 Å². The van der Waals surface area contributed by atoms with Crippen LogP contribution in [0.15, 0.2) is 12.1 Å². The molecule has 1 rings (SSSR count). The van der Waals surface area contributed by atoms with Crippen molar-refractivity contribution in [2.24, 2.45) is 0 Å². The van der Waals surface area contributed by atoms with E-state index in [1.165, 1.54) is 22.3 Å². The smallest absolute Gasteiger partial charge is 0.0129 e. The number of rotatable bonds is 1. The summed E-state index contributed by atoms with van der Waals surface area (Å²) in [5.74, 6) is 0. The summed E-state index contributed by atoms with van der Waals surface area (Å²) in [6.45, 7) is 22.4. The first-order valence-corrected chi connectivity index (χ1v) is 7.72. The Morgan fingerprint density at radius 1 is 0.800 bits per heavy atom. The lowest BCUT2D eigenvalue weighted by Gasteiger charge is -2.29. The zero-order valence-electron chi connectivity index (χ0n) is 14.9. The zero-order valence-corrected chi connectivity index (χ0v) is 14.9. The van der Waals surface area contributed by atoms with Crippen LogP contribution in [0.5, 0.6) is 0 Å². The van der Waals surface area contributed by atoms with Crippen LogP contribution in [0.3, 0.4) is 0 Å². The predicted octanol–water partition coefficient (Wildman–Crippen LogP) is 6.81. The minimum atomic E-state index is 0. The summed E-state index contributed by atoms with van der Waals surface area (Å²) in [6.07, 6.45) is 1.12. The average molecular weight is 279 g/mol. The van der Waals surface area contributed by atoms with Gasteiger partial charge in [-0.3, -0.25) is 0 Å². The van der Waals surface area contributed by atoms with E-state index in [1.54, 1.807) is 0 Å². The Morgan fingerprint density at radius 2 is 1.10 bits per heavy atom. The van der Waals surface area contributed by atoms with E-state index in [0.29, 0.717) is 0 Å². The Labute approximate surface area is 129 Å². The molecule has 0 nitrogen and oxygen atoms in total. The highest BCUT2D eigenvalue weighted by molar-refractivity contribution is 5.44. The highest BCUT2D eigenvalue weighted by Crippen LogP contribution is 2.34. The van der Waals surface area contributed by atoms with Gasteiger partial charge in [-0.05, 0) is 46.4 Å². The topological polar surface area (TPSA) is 0 Å². The van der Waals surface area contributed by atoms with Gasteiger partial charge in [0.1, 0.15) is 0 Å². The van der Waals surface area contributed by atoms with Crippen LogP contribution in [-0.2, 0) is 17.3 Å². The minimum Gasteiger partial charge on any atom is -0.0776 e. The summed E-state index contributed by atoms with van der Waals surface area (Å²) >= 11 is 0. The second-order valence-electron chi connectivity index (χ2n) is 7.17. The molecule has 0 unspecified atom stereocenters. The van der Waals surface area contributed by atoms with Crippen LogP contribution in [0.4, 0.5) is 0 Å². The van der Waals surface area contributed by atoms with Gasteiger partial charge in [0.15, 0.2) is 0 Å². The maximum Gasteiger partial charge on any atom is -0.0129 e. The number of hydrogen-bond acceptors (Lipinski definition) is 0. The van der Waals surface area contributed by atoms with Crippen LogP contribution >= 0.6 is 0 Å². The lowest BCUT2D eigenvalue weighted by molar-refractivity contribution is 0.559. The second kappa shape index (κ2) is 7.86. The van der Waals surface area contributed by atoms with Crippen molar-refractivity contribution in [3.05, 3.63) is 34.4 Å². The molecule has 0 heterocycles. The molecule has 0 heteroatoms. The SMILES string of the molecule is C.CC.CCc1cc(C(C)(C)C)c(C)c(C(C)(C)C)c1. The van der Waals surface area contributed by atoms with Crippen molar-refractivity contribution in [3.8, 4) is 0 Å². The molecule has 0 aliphatic heterocycles. The number of aryl methyl sites for hydroxylation is 1. The van der Waals surface area contributed by atoms with Gasteiger partial charge in [-0.15, -0.1) is 0 Å². The maximum absolute atomic E-state index is 2.39.